The highest BCUT2D eigenvalue weighted by Crippen LogP contribution is 2.27. The van der Waals surface area contributed by atoms with Crippen LogP contribution in [-0.2, 0) is 14.3 Å². The molecule has 0 aromatic heterocycles. The molecule has 0 spiro atoms. The van der Waals surface area contributed by atoms with E-state index >= 15 is 0 Å². The number of rotatable bonds is 7. The number of methoxy groups -OCH3 is 1. The van der Waals surface area contributed by atoms with Crippen LogP contribution in [0.2, 0.25) is 5.02 Å². The van der Waals surface area contributed by atoms with Crippen LogP contribution in [0.15, 0.2) is 22.7 Å². The number of amides is 1. The van der Waals surface area contributed by atoms with Crippen LogP contribution < -0.4 is 10.1 Å². The third-order valence-corrected chi connectivity index (χ3v) is 3.07. The molecule has 8 heteroatoms. The zero-order chi connectivity index (χ0) is 15.1. The van der Waals surface area contributed by atoms with Crippen molar-refractivity contribution in [2.45, 2.75) is 6.04 Å². The first-order valence-corrected chi connectivity index (χ1v) is 6.70. The molecule has 1 amide bonds. The van der Waals surface area contributed by atoms with Crippen molar-refractivity contribution >= 4 is 39.4 Å². The number of aliphatic carboxylic acids is 1. The molecular formula is C12H13BrClNO5. The van der Waals surface area contributed by atoms with Gasteiger partial charge in [-0.3, -0.25) is 4.79 Å². The monoisotopic (exact) mass is 365 g/mol. The van der Waals surface area contributed by atoms with Gasteiger partial charge in [0.15, 0.2) is 12.6 Å². The minimum absolute atomic E-state index is 0.119. The zero-order valence-electron chi connectivity index (χ0n) is 10.6. The van der Waals surface area contributed by atoms with Crippen molar-refractivity contribution < 1.29 is 24.2 Å². The number of benzene rings is 1. The lowest BCUT2D eigenvalue weighted by atomic mass is 10.3. The number of nitrogens with one attached hydrogen (secondary N) is 1. The van der Waals surface area contributed by atoms with E-state index in [-0.39, 0.29) is 13.2 Å². The van der Waals surface area contributed by atoms with E-state index in [0.29, 0.717) is 15.2 Å². The minimum atomic E-state index is -1.17. The third-order valence-electron chi connectivity index (χ3n) is 2.22. The molecule has 1 atom stereocenters. The molecule has 0 radical (unpaired) electrons. The normalized spacial score (nSPS) is 11.8. The van der Waals surface area contributed by atoms with Crippen LogP contribution in [0.4, 0.5) is 0 Å². The zero-order valence-corrected chi connectivity index (χ0v) is 12.9. The van der Waals surface area contributed by atoms with Gasteiger partial charge in [0.2, 0.25) is 0 Å². The Hall–Kier alpha value is -1.31. The Morgan fingerprint density at radius 2 is 2.20 bits per heavy atom. The molecule has 0 aliphatic heterocycles. The van der Waals surface area contributed by atoms with Crippen LogP contribution in [0.5, 0.6) is 5.75 Å². The summed E-state index contributed by atoms with van der Waals surface area (Å²) in [6.45, 7) is -0.431. The highest BCUT2D eigenvalue weighted by atomic mass is 79.9. The number of carboxylic acids is 1. The quantitative estimate of drug-likeness (QED) is 0.767. The van der Waals surface area contributed by atoms with Gasteiger partial charge < -0.3 is 19.9 Å². The Labute approximate surface area is 129 Å². The lowest BCUT2D eigenvalue weighted by Gasteiger charge is -2.14. The summed E-state index contributed by atoms with van der Waals surface area (Å²) >= 11 is 9.02. The van der Waals surface area contributed by atoms with Gasteiger partial charge in [0, 0.05) is 12.1 Å². The third kappa shape index (κ3) is 5.36. The van der Waals surface area contributed by atoms with Crippen LogP contribution in [0.3, 0.4) is 0 Å². The molecule has 20 heavy (non-hydrogen) atoms. The number of ether oxygens (including phenoxy) is 2. The second kappa shape index (κ2) is 8.08. The predicted octanol–water partition coefficient (Wildman–Crippen LogP) is 1.70. The molecule has 2 N–H and O–H groups in total. The Kier molecular flexibility index (Phi) is 6.77. The number of carboxylic acid groups (broad SMARTS) is 1. The first-order valence-electron chi connectivity index (χ1n) is 5.53. The Bertz CT molecular complexity index is 497. The minimum Gasteiger partial charge on any atom is -0.483 e. The van der Waals surface area contributed by atoms with E-state index in [1.165, 1.54) is 7.11 Å². The SMILES string of the molecule is COCC(NC(=O)COc1ccc(Cl)cc1Br)C(=O)O. The Balaban J connectivity index is 2.52. The summed E-state index contributed by atoms with van der Waals surface area (Å²) in [6, 6.07) is 3.73. The van der Waals surface area contributed by atoms with Gasteiger partial charge in [-0.25, -0.2) is 4.79 Å². The molecule has 0 saturated heterocycles. The smallest absolute Gasteiger partial charge is 0.328 e. The van der Waals surface area contributed by atoms with Gasteiger partial charge >= 0.3 is 5.97 Å². The average Bonchev–Trinajstić information content (AvgIpc) is 2.37. The summed E-state index contributed by atoms with van der Waals surface area (Å²) in [5, 5.41) is 11.7. The molecule has 0 saturated carbocycles. The fourth-order valence-corrected chi connectivity index (χ4v) is 2.11. The average molecular weight is 367 g/mol. The molecule has 1 aromatic rings. The predicted molar refractivity (Wildman–Crippen MR) is 76.1 cm³/mol. The van der Waals surface area contributed by atoms with E-state index in [2.05, 4.69) is 21.2 Å². The second-order valence-corrected chi connectivity index (χ2v) is 5.07. The summed E-state index contributed by atoms with van der Waals surface area (Å²) in [5.74, 6) is -1.30. The maximum atomic E-state index is 11.6. The Morgan fingerprint density at radius 1 is 1.50 bits per heavy atom. The van der Waals surface area contributed by atoms with Gasteiger partial charge in [0.1, 0.15) is 5.75 Å². The molecular weight excluding hydrogens is 353 g/mol. The fraction of sp³-hybridized carbons (Fsp3) is 0.333. The molecule has 0 heterocycles. The second-order valence-electron chi connectivity index (χ2n) is 3.78. The van der Waals surface area contributed by atoms with Crippen molar-refractivity contribution in [2.24, 2.45) is 0 Å². The van der Waals surface area contributed by atoms with Crippen molar-refractivity contribution in [2.75, 3.05) is 20.3 Å². The molecule has 1 unspecified atom stereocenters. The summed E-state index contributed by atoms with van der Waals surface area (Å²) in [5.41, 5.74) is 0. The van der Waals surface area contributed by atoms with E-state index in [1.807, 2.05) is 0 Å². The lowest BCUT2D eigenvalue weighted by molar-refractivity contribution is -0.143. The van der Waals surface area contributed by atoms with Crippen LogP contribution in [0.25, 0.3) is 0 Å². The summed E-state index contributed by atoms with van der Waals surface area (Å²) in [6.07, 6.45) is 0. The summed E-state index contributed by atoms with van der Waals surface area (Å²) in [7, 11) is 1.35. The molecule has 0 fully saturated rings. The molecule has 0 bridgehead atoms. The maximum absolute atomic E-state index is 11.6. The number of carbonyl (C=O) groups is 2. The highest BCUT2D eigenvalue weighted by Gasteiger charge is 2.19. The Morgan fingerprint density at radius 3 is 2.75 bits per heavy atom. The lowest BCUT2D eigenvalue weighted by Crippen LogP contribution is -2.45. The van der Waals surface area contributed by atoms with Gasteiger partial charge in [0.25, 0.3) is 5.91 Å². The van der Waals surface area contributed by atoms with Crippen molar-refractivity contribution in [1.82, 2.24) is 5.32 Å². The molecule has 6 nitrogen and oxygen atoms in total. The van der Waals surface area contributed by atoms with Gasteiger partial charge in [-0.15, -0.1) is 0 Å². The van der Waals surface area contributed by atoms with E-state index in [9.17, 15) is 9.59 Å². The van der Waals surface area contributed by atoms with Crippen LogP contribution in [-0.4, -0.2) is 43.3 Å². The standard InChI is InChI=1S/C12H13BrClNO5/c1-19-5-9(12(17)18)15-11(16)6-20-10-3-2-7(14)4-8(10)13/h2-4,9H,5-6H2,1H3,(H,15,16)(H,17,18). The summed E-state index contributed by atoms with van der Waals surface area (Å²) in [4.78, 5) is 22.4. The largest absolute Gasteiger partial charge is 0.483 e. The van der Waals surface area contributed by atoms with Crippen LogP contribution in [0.1, 0.15) is 0 Å². The number of carbonyl (C=O) groups excluding carboxylic acids is 1. The van der Waals surface area contributed by atoms with Gasteiger partial charge in [0.05, 0.1) is 11.1 Å². The number of halogens is 2. The molecule has 0 aliphatic rings. The first kappa shape index (κ1) is 16.7. The molecule has 1 rings (SSSR count). The highest BCUT2D eigenvalue weighted by molar-refractivity contribution is 9.10. The van der Waals surface area contributed by atoms with Crippen LogP contribution in [0, 0.1) is 0 Å². The molecule has 110 valence electrons. The molecule has 1 aromatic carbocycles. The first-order chi connectivity index (χ1) is 9.43. The van der Waals surface area contributed by atoms with E-state index in [0.717, 1.165) is 0 Å². The van der Waals surface area contributed by atoms with E-state index in [1.54, 1.807) is 18.2 Å². The van der Waals surface area contributed by atoms with Crippen molar-refractivity contribution in [3.63, 3.8) is 0 Å². The maximum Gasteiger partial charge on any atom is 0.328 e. The van der Waals surface area contributed by atoms with Crippen molar-refractivity contribution in [3.05, 3.63) is 27.7 Å². The van der Waals surface area contributed by atoms with Crippen molar-refractivity contribution in [3.8, 4) is 5.75 Å². The van der Waals surface area contributed by atoms with Crippen molar-refractivity contribution in [1.29, 1.82) is 0 Å². The van der Waals surface area contributed by atoms with Crippen LogP contribution >= 0.6 is 27.5 Å². The van der Waals surface area contributed by atoms with Gasteiger partial charge in [-0.05, 0) is 34.1 Å². The topological polar surface area (TPSA) is 84.9 Å². The fourth-order valence-electron chi connectivity index (χ4n) is 1.31. The number of hydrogen-bond acceptors (Lipinski definition) is 4. The summed E-state index contributed by atoms with van der Waals surface area (Å²) < 4.78 is 10.6. The van der Waals surface area contributed by atoms with Gasteiger partial charge in [-0.2, -0.15) is 0 Å². The molecule has 0 aliphatic carbocycles. The van der Waals surface area contributed by atoms with E-state index in [4.69, 9.17) is 26.2 Å². The van der Waals surface area contributed by atoms with E-state index < -0.39 is 17.9 Å². The van der Waals surface area contributed by atoms with Gasteiger partial charge in [-0.1, -0.05) is 11.6 Å². The number of hydrogen-bond donors (Lipinski definition) is 2.